The zero-order chi connectivity index (χ0) is 14.0. The van der Waals surface area contributed by atoms with Crippen LogP contribution >= 0.6 is 0 Å². The van der Waals surface area contributed by atoms with Gasteiger partial charge in [0.1, 0.15) is 5.69 Å². The summed E-state index contributed by atoms with van der Waals surface area (Å²) in [4.78, 5) is 26.9. The van der Waals surface area contributed by atoms with Gasteiger partial charge in [0.05, 0.1) is 13.2 Å². The third kappa shape index (κ3) is 3.04. The van der Waals surface area contributed by atoms with E-state index in [1.807, 2.05) is 0 Å². The Kier molecular flexibility index (Phi) is 4.04. The third-order valence-corrected chi connectivity index (χ3v) is 3.32. The second-order valence-electron chi connectivity index (χ2n) is 4.92. The molecule has 2 rings (SSSR count). The van der Waals surface area contributed by atoms with Crippen LogP contribution in [0.25, 0.3) is 0 Å². The molecule has 0 unspecified atom stereocenters. The standard InChI is InChI=1S/C14H20N2O3/c1-4-19-14(18)13-8(2)12(9(3)16-13)11(17)7-15-10-5-6-10/h10,15-16H,4-7H2,1-3H3. The molecule has 1 aromatic rings. The van der Waals surface area contributed by atoms with Gasteiger partial charge in [-0.15, -0.1) is 0 Å². The van der Waals surface area contributed by atoms with E-state index in [2.05, 4.69) is 10.3 Å². The summed E-state index contributed by atoms with van der Waals surface area (Å²) < 4.78 is 4.97. The van der Waals surface area contributed by atoms with E-state index in [0.717, 1.165) is 18.5 Å². The van der Waals surface area contributed by atoms with Gasteiger partial charge >= 0.3 is 5.97 Å². The molecule has 5 heteroatoms. The third-order valence-electron chi connectivity index (χ3n) is 3.32. The Morgan fingerprint density at radius 2 is 2.05 bits per heavy atom. The fourth-order valence-electron chi connectivity index (χ4n) is 2.19. The summed E-state index contributed by atoms with van der Waals surface area (Å²) in [7, 11) is 0. The topological polar surface area (TPSA) is 71.2 Å². The van der Waals surface area contributed by atoms with Gasteiger partial charge in [0.25, 0.3) is 0 Å². The maximum absolute atomic E-state index is 12.2. The molecule has 0 bridgehead atoms. The molecule has 0 saturated heterocycles. The van der Waals surface area contributed by atoms with E-state index in [1.165, 1.54) is 0 Å². The highest BCUT2D eigenvalue weighted by molar-refractivity contribution is 6.03. The van der Waals surface area contributed by atoms with Crippen LogP contribution in [0.5, 0.6) is 0 Å². The first-order valence-corrected chi connectivity index (χ1v) is 6.67. The average Bonchev–Trinajstić information content (AvgIpc) is 3.13. The summed E-state index contributed by atoms with van der Waals surface area (Å²) in [5.74, 6) is -0.383. The zero-order valence-corrected chi connectivity index (χ0v) is 11.6. The van der Waals surface area contributed by atoms with Gasteiger partial charge in [0, 0.05) is 17.3 Å². The van der Waals surface area contributed by atoms with Gasteiger partial charge < -0.3 is 15.0 Å². The molecule has 2 N–H and O–H groups in total. The van der Waals surface area contributed by atoms with Crippen molar-refractivity contribution < 1.29 is 14.3 Å². The van der Waals surface area contributed by atoms with Gasteiger partial charge in [-0.25, -0.2) is 4.79 Å². The number of aromatic nitrogens is 1. The van der Waals surface area contributed by atoms with Crippen molar-refractivity contribution in [1.29, 1.82) is 0 Å². The maximum atomic E-state index is 12.2. The van der Waals surface area contributed by atoms with E-state index in [-0.39, 0.29) is 5.78 Å². The summed E-state index contributed by atoms with van der Waals surface area (Å²) in [6.07, 6.45) is 2.29. The second-order valence-corrected chi connectivity index (χ2v) is 4.92. The summed E-state index contributed by atoms with van der Waals surface area (Å²) in [6, 6.07) is 0.494. The minimum atomic E-state index is -0.405. The number of hydrogen-bond donors (Lipinski definition) is 2. The van der Waals surface area contributed by atoms with Crippen LogP contribution in [-0.4, -0.2) is 35.9 Å². The van der Waals surface area contributed by atoms with Crippen LogP contribution in [0, 0.1) is 13.8 Å². The molecule has 1 saturated carbocycles. The van der Waals surface area contributed by atoms with Crippen LogP contribution < -0.4 is 5.32 Å². The van der Waals surface area contributed by atoms with Gasteiger partial charge in [0.2, 0.25) is 0 Å². The largest absolute Gasteiger partial charge is 0.461 e. The number of rotatable bonds is 6. The molecule has 1 aromatic heterocycles. The van der Waals surface area contributed by atoms with Gasteiger partial charge in [-0.1, -0.05) is 0 Å². The van der Waals surface area contributed by atoms with Crippen molar-refractivity contribution >= 4 is 11.8 Å². The van der Waals surface area contributed by atoms with E-state index in [9.17, 15) is 9.59 Å². The molecule has 0 atom stereocenters. The lowest BCUT2D eigenvalue weighted by molar-refractivity contribution is 0.0519. The quantitative estimate of drug-likeness (QED) is 0.606. The summed E-state index contributed by atoms with van der Waals surface area (Å²) in [5, 5.41) is 3.19. The Balaban J connectivity index is 2.15. The first-order valence-electron chi connectivity index (χ1n) is 6.67. The van der Waals surface area contributed by atoms with Gasteiger partial charge in [-0.3, -0.25) is 4.79 Å². The molecule has 0 amide bonds. The Morgan fingerprint density at radius 3 is 2.63 bits per heavy atom. The highest BCUT2D eigenvalue weighted by atomic mass is 16.5. The van der Waals surface area contributed by atoms with Crippen molar-refractivity contribution in [3.05, 3.63) is 22.5 Å². The van der Waals surface area contributed by atoms with E-state index in [4.69, 9.17) is 4.74 Å². The SMILES string of the molecule is CCOC(=O)c1[nH]c(C)c(C(=O)CNC2CC2)c1C. The van der Waals surface area contributed by atoms with Gasteiger partial charge in [-0.05, 0) is 39.2 Å². The molecular weight excluding hydrogens is 244 g/mol. The molecule has 5 nitrogen and oxygen atoms in total. The number of Topliss-reactive ketones (excluding diaryl/α,β-unsaturated/α-hetero) is 1. The molecule has 0 aliphatic heterocycles. The number of H-pyrrole nitrogens is 1. The number of aromatic amines is 1. The molecule has 0 radical (unpaired) electrons. The van der Waals surface area contributed by atoms with Crippen molar-refractivity contribution in [2.75, 3.05) is 13.2 Å². The van der Waals surface area contributed by atoms with Crippen LogP contribution in [-0.2, 0) is 4.74 Å². The second kappa shape index (κ2) is 5.57. The zero-order valence-electron chi connectivity index (χ0n) is 11.6. The number of esters is 1. The predicted octanol–water partition coefficient (Wildman–Crippen LogP) is 1.74. The summed E-state index contributed by atoms with van der Waals surface area (Å²) in [6.45, 7) is 5.99. The van der Waals surface area contributed by atoms with Crippen LogP contribution in [0.1, 0.15) is 51.9 Å². The van der Waals surface area contributed by atoms with Crippen LogP contribution in [0.2, 0.25) is 0 Å². The lowest BCUT2D eigenvalue weighted by Gasteiger charge is -2.04. The number of aryl methyl sites for hydroxylation is 1. The molecule has 19 heavy (non-hydrogen) atoms. The molecule has 1 aliphatic carbocycles. The maximum Gasteiger partial charge on any atom is 0.355 e. The number of ether oxygens (including phenoxy) is 1. The predicted molar refractivity (Wildman–Crippen MR) is 71.6 cm³/mol. The minimum Gasteiger partial charge on any atom is -0.461 e. The average molecular weight is 264 g/mol. The number of ketones is 1. The molecule has 104 valence electrons. The minimum absolute atomic E-state index is 0.0219. The Hall–Kier alpha value is -1.62. The Morgan fingerprint density at radius 1 is 1.37 bits per heavy atom. The molecule has 1 aliphatic rings. The molecule has 1 fully saturated rings. The molecule has 1 heterocycles. The first-order chi connectivity index (χ1) is 9.04. The number of carbonyl (C=O) groups excluding carboxylic acids is 2. The van der Waals surface area contributed by atoms with E-state index < -0.39 is 5.97 Å². The fourth-order valence-corrected chi connectivity index (χ4v) is 2.19. The monoisotopic (exact) mass is 264 g/mol. The van der Waals surface area contributed by atoms with Gasteiger partial charge in [-0.2, -0.15) is 0 Å². The Labute approximate surface area is 112 Å². The number of carbonyl (C=O) groups is 2. The smallest absolute Gasteiger partial charge is 0.355 e. The van der Waals surface area contributed by atoms with Gasteiger partial charge in [0.15, 0.2) is 5.78 Å². The van der Waals surface area contributed by atoms with Crippen LogP contribution in [0.4, 0.5) is 0 Å². The summed E-state index contributed by atoms with van der Waals surface area (Å²) in [5.41, 5.74) is 2.40. The lowest BCUT2D eigenvalue weighted by Crippen LogP contribution is -2.25. The van der Waals surface area contributed by atoms with Crippen molar-refractivity contribution in [3.63, 3.8) is 0 Å². The lowest BCUT2D eigenvalue weighted by atomic mass is 10.1. The van der Waals surface area contributed by atoms with Crippen LogP contribution in [0.15, 0.2) is 0 Å². The Bertz CT molecular complexity index is 501. The summed E-state index contributed by atoms with van der Waals surface area (Å²) >= 11 is 0. The fraction of sp³-hybridized carbons (Fsp3) is 0.571. The van der Waals surface area contributed by atoms with Crippen LogP contribution in [0.3, 0.4) is 0 Å². The van der Waals surface area contributed by atoms with Crippen molar-refractivity contribution in [1.82, 2.24) is 10.3 Å². The number of hydrogen-bond acceptors (Lipinski definition) is 4. The van der Waals surface area contributed by atoms with Crippen molar-refractivity contribution in [2.24, 2.45) is 0 Å². The van der Waals surface area contributed by atoms with Crippen molar-refractivity contribution in [3.8, 4) is 0 Å². The first kappa shape index (κ1) is 13.8. The number of nitrogens with one attached hydrogen (secondary N) is 2. The van der Waals surface area contributed by atoms with E-state index >= 15 is 0 Å². The molecule has 0 spiro atoms. The highest BCUT2D eigenvalue weighted by Gasteiger charge is 2.25. The van der Waals surface area contributed by atoms with Crippen molar-refractivity contribution in [2.45, 2.75) is 39.7 Å². The van der Waals surface area contributed by atoms with E-state index in [0.29, 0.717) is 36.0 Å². The normalized spacial score (nSPS) is 14.5. The van der Waals surface area contributed by atoms with E-state index in [1.54, 1.807) is 20.8 Å². The highest BCUT2D eigenvalue weighted by Crippen LogP contribution is 2.21. The molecule has 0 aromatic carbocycles. The molecular formula is C14H20N2O3.